The summed E-state index contributed by atoms with van der Waals surface area (Å²) in [6, 6.07) is 8.92. The Kier molecular flexibility index (Phi) is 2.63. The highest BCUT2D eigenvalue weighted by Crippen LogP contribution is 2.27. The van der Waals surface area contributed by atoms with Gasteiger partial charge >= 0.3 is 0 Å². The van der Waals surface area contributed by atoms with Gasteiger partial charge in [-0.25, -0.2) is 0 Å². The maximum Gasteiger partial charge on any atom is 0.134 e. The summed E-state index contributed by atoms with van der Waals surface area (Å²) in [7, 11) is 0.646. The van der Waals surface area contributed by atoms with Crippen LogP contribution in [-0.4, -0.2) is 5.75 Å². The Morgan fingerprint density at radius 2 is 1.69 bits per heavy atom. The van der Waals surface area contributed by atoms with Crippen LogP contribution in [0.15, 0.2) is 24.3 Å². The van der Waals surface area contributed by atoms with Crippen molar-refractivity contribution >= 4 is 10.9 Å². The molecule has 0 N–H and O–H groups in total. The second-order valence-electron chi connectivity index (χ2n) is 4.23. The predicted molar refractivity (Wildman–Crippen MR) is 60.9 cm³/mol. The molecule has 1 aliphatic heterocycles. The van der Waals surface area contributed by atoms with Crippen molar-refractivity contribution in [1.82, 2.24) is 0 Å². The van der Waals surface area contributed by atoms with Crippen molar-refractivity contribution in [3.05, 3.63) is 35.4 Å². The maximum atomic E-state index is 2.33. The molecule has 0 atom stereocenters. The molecular weight excluding hydrogens is 176 g/mol. The van der Waals surface area contributed by atoms with Gasteiger partial charge in [0, 0.05) is 11.1 Å². The summed E-state index contributed by atoms with van der Waals surface area (Å²) in [5.74, 6) is 4.95. The fourth-order valence-corrected chi connectivity index (χ4v) is 4.64. The number of fused-ring (bicyclic) bond motifs is 1. The zero-order valence-electron chi connectivity index (χ0n) is 8.42. The summed E-state index contributed by atoms with van der Waals surface area (Å²) >= 11 is 0. The molecule has 0 fully saturated rings. The number of hydrogen-bond donors (Lipinski definition) is 0. The van der Waals surface area contributed by atoms with E-state index in [1.807, 2.05) is 0 Å². The molecule has 0 saturated carbocycles. The van der Waals surface area contributed by atoms with Gasteiger partial charge in [0.25, 0.3) is 0 Å². The third-order valence-electron chi connectivity index (χ3n) is 2.41. The topological polar surface area (TPSA) is 0 Å². The first kappa shape index (κ1) is 9.14. The Balaban J connectivity index is 2.05. The molecule has 0 aromatic heterocycles. The van der Waals surface area contributed by atoms with Crippen LogP contribution in [0.25, 0.3) is 0 Å². The second kappa shape index (κ2) is 3.75. The Morgan fingerprint density at radius 3 is 2.15 bits per heavy atom. The molecule has 1 aliphatic rings. The van der Waals surface area contributed by atoms with Gasteiger partial charge in [0.05, 0.1) is 0 Å². The molecule has 0 nitrogen and oxygen atoms in total. The van der Waals surface area contributed by atoms with E-state index in [0.717, 1.165) is 5.92 Å². The van der Waals surface area contributed by atoms with Gasteiger partial charge in [0.2, 0.25) is 0 Å². The Morgan fingerprint density at radius 1 is 1.15 bits per heavy atom. The molecule has 0 amide bonds. The molecule has 1 heterocycles. The van der Waals surface area contributed by atoms with Crippen molar-refractivity contribution in [2.75, 3.05) is 5.75 Å². The van der Waals surface area contributed by atoms with Crippen molar-refractivity contribution in [3.8, 4) is 0 Å². The van der Waals surface area contributed by atoms with Crippen LogP contribution >= 0.6 is 0 Å². The lowest BCUT2D eigenvalue weighted by Crippen LogP contribution is -2.11. The van der Waals surface area contributed by atoms with Crippen LogP contribution in [0.4, 0.5) is 0 Å². The molecule has 0 unspecified atom stereocenters. The fraction of sp³-hybridized carbons (Fsp3) is 0.500. The van der Waals surface area contributed by atoms with Crippen LogP contribution in [0, 0.1) is 5.92 Å². The van der Waals surface area contributed by atoms with Gasteiger partial charge in [-0.05, 0) is 16.8 Å². The third kappa shape index (κ3) is 2.08. The Bertz CT molecular complexity index is 266. The summed E-state index contributed by atoms with van der Waals surface area (Å²) in [4.78, 5) is 0. The first-order chi connectivity index (χ1) is 6.25. The predicted octanol–water partition coefficient (Wildman–Crippen LogP) is 2.97. The minimum Gasteiger partial charge on any atom is -0.0618 e. The fourth-order valence-electron chi connectivity index (χ4n) is 1.92. The van der Waals surface area contributed by atoms with Crippen LogP contribution in [0.1, 0.15) is 25.0 Å². The molecule has 2 rings (SSSR count). The standard InChI is InChI=1S/C12H17S/c1-10(2)7-13-8-11-5-3-4-6-12(11)9-13/h3-6,10H,7-9H2,1-2H3/q+1. The normalized spacial score (nSPS) is 16.5. The smallest absolute Gasteiger partial charge is 0.0618 e. The van der Waals surface area contributed by atoms with Crippen molar-refractivity contribution < 1.29 is 0 Å². The summed E-state index contributed by atoms with van der Waals surface area (Å²) in [5, 5.41) is 0. The van der Waals surface area contributed by atoms with Crippen LogP contribution in [0.3, 0.4) is 0 Å². The van der Waals surface area contributed by atoms with E-state index < -0.39 is 0 Å². The van der Waals surface area contributed by atoms with Crippen molar-refractivity contribution in [2.24, 2.45) is 5.92 Å². The largest absolute Gasteiger partial charge is 0.134 e. The third-order valence-corrected chi connectivity index (χ3v) is 4.98. The zero-order valence-corrected chi connectivity index (χ0v) is 9.23. The first-order valence-electron chi connectivity index (χ1n) is 4.96. The van der Waals surface area contributed by atoms with Gasteiger partial charge in [-0.2, -0.15) is 0 Å². The number of benzene rings is 1. The summed E-state index contributed by atoms with van der Waals surface area (Å²) in [5.41, 5.74) is 3.21. The molecule has 0 saturated heterocycles. The lowest BCUT2D eigenvalue weighted by atomic mass is 10.1. The monoisotopic (exact) mass is 193 g/mol. The average Bonchev–Trinajstić information content (AvgIpc) is 2.44. The van der Waals surface area contributed by atoms with E-state index in [1.54, 1.807) is 11.1 Å². The molecule has 0 aliphatic carbocycles. The van der Waals surface area contributed by atoms with Gasteiger partial charge in [-0.15, -0.1) is 0 Å². The van der Waals surface area contributed by atoms with Crippen molar-refractivity contribution in [3.63, 3.8) is 0 Å². The van der Waals surface area contributed by atoms with E-state index in [1.165, 1.54) is 17.3 Å². The minimum atomic E-state index is 0.646. The number of rotatable bonds is 2. The molecule has 13 heavy (non-hydrogen) atoms. The quantitative estimate of drug-likeness (QED) is 0.633. The highest BCUT2D eigenvalue weighted by molar-refractivity contribution is 7.95. The number of hydrogen-bond acceptors (Lipinski definition) is 0. The van der Waals surface area contributed by atoms with Crippen LogP contribution < -0.4 is 0 Å². The van der Waals surface area contributed by atoms with Gasteiger partial charge < -0.3 is 0 Å². The average molecular weight is 193 g/mol. The van der Waals surface area contributed by atoms with Gasteiger partial charge in [-0.1, -0.05) is 38.1 Å². The zero-order chi connectivity index (χ0) is 9.26. The van der Waals surface area contributed by atoms with Crippen molar-refractivity contribution in [1.29, 1.82) is 0 Å². The lowest BCUT2D eigenvalue weighted by molar-refractivity contribution is 0.746. The molecule has 70 valence electrons. The molecular formula is C12H17S+. The van der Waals surface area contributed by atoms with Gasteiger partial charge in [0.15, 0.2) is 0 Å². The summed E-state index contributed by atoms with van der Waals surface area (Å²) in [6.45, 7) is 4.66. The highest BCUT2D eigenvalue weighted by Gasteiger charge is 2.29. The molecule has 0 bridgehead atoms. The Labute approximate surface area is 83.7 Å². The van der Waals surface area contributed by atoms with E-state index in [0.29, 0.717) is 10.9 Å². The summed E-state index contributed by atoms with van der Waals surface area (Å²) in [6.07, 6.45) is 0. The molecule has 1 aromatic carbocycles. The molecule has 0 radical (unpaired) electrons. The van der Waals surface area contributed by atoms with Crippen LogP contribution in [0.2, 0.25) is 0 Å². The molecule has 1 heteroatoms. The van der Waals surface area contributed by atoms with E-state index in [2.05, 4.69) is 38.1 Å². The molecule has 0 spiro atoms. The highest BCUT2D eigenvalue weighted by atomic mass is 32.2. The minimum absolute atomic E-state index is 0.646. The SMILES string of the molecule is CC(C)C[S+]1Cc2ccccc2C1. The lowest BCUT2D eigenvalue weighted by Gasteiger charge is -2.02. The van der Waals surface area contributed by atoms with Crippen LogP contribution in [-0.2, 0) is 22.4 Å². The van der Waals surface area contributed by atoms with E-state index >= 15 is 0 Å². The second-order valence-corrected chi connectivity index (χ2v) is 6.37. The first-order valence-corrected chi connectivity index (χ1v) is 6.70. The van der Waals surface area contributed by atoms with Crippen molar-refractivity contribution in [2.45, 2.75) is 25.4 Å². The van der Waals surface area contributed by atoms with Crippen LogP contribution in [0.5, 0.6) is 0 Å². The van der Waals surface area contributed by atoms with E-state index in [4.69, 9.17) is 0 Å². The van der Waals surface area contributed by atoms with E-state index in [-0.39, 0.29) is 0 Å². The molecule has 1 aromatic rings. The Hall–Kier alpha value is -0.430. The van der Waals surface area contributed by atoms with Gasteiger partial charge in [0.1, 0.15) is 17.3 Å². The summed E-state index contributed by atoms with van der Waals surface area (Å²) < 4.78 is 0. The van der Waals surface area contributed by atoms with E-state index in [9.17, 15) is 0 Å². The maximum absolute atomic E-state index is 2.33. The van der Waals surface area contributed by atoms with Gasteiger partial charge in [-0.3, -0.25) is 0 Å².